The number of nitrogens with zero attached hydrogens (tertiary/aromatic N) is 2. The van der Waals surface area contributed by atoms with Crippen LogP contribution in [-0.2, 0) is 16.1 Å². The highest BCUT2D eigenvalue weighted by molar-refractivity contribution is 8.01. The van der Waals surface area contributed by atoms with Gasteiger partial charge in [-0.15, -0.1) is 11.8 Å². The van der Waals surface area contributed by atoms with E-state index in [0.717, 1.165) is 16.9 Å². The first-order valence-electron chi connectivity index (χ1n) is 10.9. The summed E-state index contributed by atoms with van der Waals surface area (Å²) in [4.78, 5) is 45.4. The lowest BCUT2D eigenvalue weighted by atomic mass is 10.00. The number of hydrogen-bond acceptors (Lipinski definition) is 6. The lowest BCUT2D eigenvalue weighted by molar-refractivity contribution is -0.132. The van der Waals surface area contributed by atoms with E-state index in [1.54, 1.807) is 40.8 Å². The number of benzene rings is 1. The van der Waals surface area contributed by atoms with E-state index in [0.29, 0.717) is 18.5 Å². The number of amides is 3. The van der Waals surface area contributed by atoms with E-state index in [4.69, 9.17) is 0 Å². The summed E-state index contributed by atoms with van der Waals surface area (Å²) < 4.78 is -0.491. The van der Waals surface area contributed by atoms with Gasteiger partial charge in [-0.25, -0.2) is 0 Å². The summed E-state index contributed by atoms with van der Waals surface area (Å²) in [6.45, 7) is 4.33. The molecule has 174 valence electrons. The van der Waals surface area contributed by atoms with Crippen molar-refractivity contribution in [2.45, 2.75) is 49.0 Å². The Kier molecular flexibility index (Phi) is 6.99. The predicted molar refractivity (Wildman–Crippen MR) is 132 cm³/mol. The molecule has 0 radical (unpaired) electrons. The fraction of sp³-hybridized carbons (Fsp3) is 0.417. The molecule has 3 amide bonds. The molecular weight excluding hydrogens is 456 g/mol. The summed E-state index contributed by atoms with van der Waals surface area (Å²) >= 11 is 3.24. The van der Waals surface area contributed by atoms with Crippen LogP contribution in [0.15, 0.2) is 48.8 Å². The fourth-order valence-corrected chi connectivity index (χ4v) is 6.43. The maximum Gasteiger partial charge on any atom is 0.256 e. The minimum absolute atomic E-state index is 0.128. The molecule has 0 saturated carbocycles. The minimum Gasteiger partial charge on any atom is -0.350 e. The molecule has 2 N–H and O–H groups in total. The average Bonchev–Trinajstić information content (AvgIpc) is 3.24. The molecule has 4 rings (SSSR count). The molecule has 1 fully saturated rings. The molecule has 3 atom stereocenters. The predicted octanol–water partition coefficient (Wildman–Crippen LogP) is 2.98. The van der Waals surface area contributed by atoms with Gasteiger partial charge in [0.05, 0.1) is 0 Å². The van der Waals surface area contributed by atoms with Gasteiger partial charge in [-0.05, 0) is 61.6 Å². The number of carbonyl (C=O) groups excluding carboxylic acids is 3. The van der Waals surface area contributed by atoms with Gasteiger partial charge in [0.25, 0.3) is 5.91 Å². The number of nitrogens with one attached hydrogen (secondary N) is 2. The van der Waals surface area contributed by atoms with Crippen molar-refractivity contribution < 1.29 is 14.4 Å². The molecule has 2 aliphatic heterocycles. The van der Waals surface area contributed by atoms with Gasteiger partial charge < -0.3 is 15.5 Å². The van der Waals surface area contributed by atoms with Crippen molar-refractivity contribution in [3.63, 3.8) is 0 Å². The van der Waals surface area contributed by atoms with Crippen LogP contribution >= 0.6 is 23.5 Å². The summed E-state index contributed by atoms with van der Waals surface area (Å²) in [5.74, 6) is 0.0795. The topological polar surface area (TPSA) is 91.4 Å². The van der Waals surface area contributed by atoms with Crippen LogP contribution in [0, 0.1) is 0 Å². The van der Waals surface area contributed by atoms with E-state index in [2.05, 4.69) is 15.6 Å². The van der Waals surface area contributed by atoms with Crippen molar-refractivity contribution in [2.24, 2.45) is 0 Å². The van der Waals surface area contributed by atoms with Gasteiger partial charge in [0.15, 0.2) is 0 Å². The number of pyridine rings is 1. The number of aromatic nitrogens is 1. The van der Waals surface area contributed by atoms with Crippen LogP contribution in [0.5, 0.6) is 0 Å². The van der Waals surface area contributed by atoms with Crippen molar-refractivity contribution in [3.05, 3.63) is 65.5 Å². The fourth-order valence-electron chi connectivity index (χ4n) is 4.37. The maximum atomic E-state index is 13.5. The minimum atomic E-state index is -0.674. The molecule has 33 heavy (non-hydrogen) atoms. The summed E-state index contributed by atoms with van der Waals surface area (Å²) in [5, 5.41) is 5.69. The van der Waals surface area contributed by atoms with E-state index in [9.17, 15) is 14.4 Å². The zero-order valence-electron chi connectivity index (χ0n) is 18.9. The average molecular weight is 485 g/mol. The number of rotatable bonds is 8. The normalized spacial score (nSPS) is 21.3. The monoisotopic (exact) mass is 484 g/mol. The molecule has 1 aromatic heterocycles. The van der Waals surface area contributed by atoms with Crippen LogP contribution in [0.25, 0.3) is 0 Å². The standard InChI is InChI=1S/C24H28N4O3S2/c1-24(2)19(28-22(31)16-6-4-5-7-17(16)23(28)33-24)21(30)27-18(10-13-32-3)20(29)26-14-15-8-11-25-12-9-15/h4-9,11-12,18-19,23H,10,13-14H2,1-3H3,(H,26,29)(H,27,30)/t18-,19+,23?/m0/s1. The molecule has 2 aromatic rings. The van der Waals surface area contributed by atoms with Crippen molar-refractivity contribution >= 4 is 41.2 Å². The van der Waals surface area contributed by atoms with Crippen LogP contribution in [0.3, 0.4) is 0 Å². The third kappa shape index (κ3) is 4.75. The zero-order chi connectivity index (χ0) is 23.6. The number of thioether (sulfide) groups is 2. The van der Waals surface area contributed by atoms with Gasteiger partial charge in [-0.3, -0.25) is 19.4 Å². The second-order valence-electron chi connectivity index (χ2n) is 8.69. The molecule has 0 spiro atoms. The summed E-state index contributed by atoms with van der Waals surface area (Å²) in [5.41, 5.74) is 2.53. The van der Waals surface area contributed by atoms with Gasteiger partial charge >= 0.3 is 0 Å². The highest BCUT2D eigenvalue weighted by Crippen LogP contribution is 2.56. The Balaban J connectivity index is 1.50. The summed E-state index contributed by atoms with van der Waals surface area (Å²) in [7, 11) is 0. The van der Waals surface area contributed by atoms with E-state index in [1.165, 1.54) is 0 Å². The maximum absolute atomic E-state index is 13.5. The Morgan fingerprint density at radius 3 is 2.67 bits per heavy atom. The highest BCUT2D eigenvalue weighted by atomic mass is 32.2. The first kappa shape index (κ1) is 23.6. The SMILES string of the molecule is CSCC[C@H](NC(=O)[C@H]1N2C(=O)c3ccccc3C2SC1(C)C)C(=O)NCc1ccncc1. The van der Waals surface area contributed by atoms with Crippen molar-refractivity contribution in [2.75, 3.05) is 12.0 Å². The van der Waals surface area contributed by atoms with Crippen LogP contribution < -0.4 is 10.6 Å². The van der Waals surface area contributed by atoms with Gasteiger partial charge in [0, 0.05) is 29.2 Å². The Hall–Kier alpha value is -2.52. The quantitative estimate of drug-likeness (QED) is 0.599. The number of carbonyl (C=O) groups is 3. The Bertz CT molecular complexity index is 1050. The van der Waals surface area contributed by atoms with Crippen LogP contribution in [0.4, 0.5) is 0 Å². The smallest absolute Gasteiger partial charge is 0.256 e. The molecule has 0 aliphatic carbocycles. The summed E-state index contributed by atoms with van der Waals surface area (Å²) in [6.07, 6.45) is 5.83. The molecule has 3 heterocycles. The van der Waals surface area contributed by atoms with E-state index in [1.807, 2.05) is 56.5 Å². The molecular formula is C24H28N4O3S2. The summed E-state index contributed by atoms with van der Waals surface area (Å²) in [6, 6.07) is 9.86. The van der Waals surface area contributed by atoms with Crippen molar-refractivity contribution in [1.29, 1.82) is 0 Å². The van der Waals surface area contributed by atoms with Crippen LogP contribution in [-0.4, -0.2) is 56.4 Å². The van der Waals surface area contributed by atoms with Crippen LogP contribution in [0.1, 0.15) is 47.1 Å². The largest absolute Gasteiger partial charge is 0.350 e. The Morgan fingerprint density at radius 1 is 1.21 bits per heavy atom. The Morgan fingerprint density at radius 2 is 1.94 bits per heavy atom. The molecule has 1 saturated heterocycles. The van der Waals surface area contributed by atoms with Gasteiger partial charge in [-0.2, -0.15) is 11.8 Å². The van der Waals surface area contributed by atoms with Crippen LogP contribution in [0.2, 0.25) is 0 Å². The third-order valence-electron chi connectivity index (χ3n) is 6.00. The third-order valence-corrected chi connectivity index (χ3v) is 8.18. The Labute approximate surface area is 202 Å². The molecule has 1 unspecified atom stereocenters. The van der Waals surface area contributed by atoms with E-state index >= 15 is 0 Å². The molecule has 9 heteroatoms. The molecule has 2 aliphatic rings. The second-order valence-corrected chi connectivity index (χ2v) is 11.4. The van der Waals surface area contributed by atoms with E-state index in [-0.39, 0.29) is 23.1 Å². The molecule has 0 bridgehead atoms. The first-order chi connectivity index (χ1) is 15.8. The molecule has 1 aromatic carbocycles. The van der Waals surface area contributed by atoms with Gasteiger partial charge in [0.2, 0.25) is 11.8 Å². The second kappa shape index (κ2) is 9.77. The number of fused-ring (bicyclic) bond motifs is 3. The van der Waals surface area contributed by atoms with Gasteiger partial charge in [-0.1, -0.05) is 18.2 Å². The first-order valence-corrected chi connectivity index (χ1v) is 13.2. The molecule has 7 nitrogen and oxygen atoms in total. The zero-order valence-corrected chi connectivity index (χ0v) is 20.5. The lowest BCUT2D eigenvalue weighted by Gasteiger charge is -2.31. The van der Waals surface area contributed by atoms with Crippen molar-refractivity contribution in [3.8, 4) is 0 Å². The highest BCUT2D eigenvalue weighted by Gasteiger charge is 2.57. The number of hydrogen-bond donors (Lipinski definition) is 2. The van der Waals surface area contributed by atoms with E-state index < -0.39 is 16.8 Å². The van der Waals surface area contributed by atoms with Crippen molar-refractivity contribution in [1.82, 2.24) is 20.5 Å². The van der Waals surface area contributed by atoms with Gasteiger partial charge in [0.1, 0.15) is 17.5 Å². The lowest BCUT2D eigenvalue weighted by Crippen LogP contribution is -2.57.